The quantitative estimate of drug-likeness (QED) is 0.782. The molecule has 124 valence electrons. The van der Waals surface area contributed by atoms with E-state index in [0.717, 1.165) is 6.07 Å². The molecule has 2 rings (SSSR count). The molecule has 0 aliphatic carbocycles. The summed E-state index contributed by atoms with van der Waals surface area (Å²) in [5.74, 6) is -0.0713. The van der Waals surface area contributed by atoms with Gasteiger partial charge in [-0.15, -0.1) is 0 Å². The van der Waals surface area contributed by atoms with Gasteiger partial charge in [-0.1, -0.05) is 17.7 Å². The van der Waals surface area contributed by atoms with Crippen LogP contribution in [0.1, 0.15) is 31.6 Å². The minimum atomic E-state index is -1.04. The molecule has 0 aliphatic heterocycles. The Morgan fingerprint density at radius 1 is 1.43 bits per heavy atom. The van der Waals surface area contributed by atoms with Crippen LogP contribution in [0.5, 0.6) is 0 Å². The fraction of sp³-hybridized carbons (Fsp3) is 0.333. The number of amides is 2. The molecule has 0 radical (unpaired) electrons. The van der Waals surface area contributed by atoms with Crippen molar-refractivity contribution in [1.29, 1.82) is 0 Å². The van der Waals surface area contributed by atoms with E-state index in [9.17, 15) is 14.3 Å². The number of benzene rings is 1. The number of aliphatic hydroxyl groups is 1. The lowest BCUT2D eigenvalue weighted by atomic mass is 10.1. The molecule has 0 saturated heterocycles. The standard InChI is InChI=1S/C15H18ClFN4O2/c1-9(2)21-14(5-6-19-21)20-15(23)18-8-13(22)10-3-4-11(16)12(17)7-10/h3-7,9,13,22H,8H2,1-2H3,(H2,18,20,23). The van der Waals surface area contributed by atoms with Crippen molar-refractivity contribution in [2.45, 2.75) is 26.0 Å². The maximum absolute atomic E-state index is 13.4. The maximum Gasteiger partial charge on any atom is 0.320 e. The van der Waals surface area contributed by atoms with Gasteiger partial charge in [0, 0.05) is 18.7 Å². The third-order valence-electron chi connectivity index (χ3n) is 3.19. The molecule has 0 spiro atoms. The summed E-state index contributed by atoms with van der Waals surface area (Å²) in [7, 11) is 0. The predicted molar refractivity (Wildman–Crippen MR) is 86.0 cm³/mol. The maximum atomic E-state index is 13.4. The van der Waals surface area contributed by atoms with E-state index < -0.39 is 18.0 Å². The third-order valence-corrected chi connectivity index (χ3v) is 3.49. The van der Waals surface area contributed by atoms with Crippen molar-refractivity contribution in [2.75, 3.05) is 11.9 Å². The first kappa shape index (κ1) is 17.2. The van der Waals surface area contributed by atoms with Crippen LogP contribution in [0.3, 0.4) is 0 Å². The number of nitrogens with one attached hydrogen (secondary N) is 2. The molecule has 1 aromatic heterocycles. The Morgan fingerprint density at radius 2 is 2.17 bits per heavy atom. The lowest BCUT2D eigenvalue weighted by Gasteiger charge is -2.15. The molecule has 2 amide bonds. The van der Waals surface area contributed by atoms with E-state index in [4.69, 9.17) is 11.6 Å². The first-order valence-electron chi connectivity index (χ1n) is 7.10. The highest BCUT2D eigenvalue weighted by atomic mass is 35.5. The van der Waals surface area contributed by atoms with Gasteiger partial charge in [0.05, 0.1) is 17.3 Å². The first-order valence-corrected chi connectivity index (χ1v) is 7.47. The van der Waals surface area contributed by atoms with Gasteiger partial charge < -0.3 is 10.4 Å². The van der Waals surface area contributed by atoms with E-state index >= 15 is 0 Å². The van der Waals surface area contributed by atoms with Crippen molar-refractivity contribution in [3.63, 3.8) is 0 Å². The average molecular weight is 341 g/mol. The number of carbonyl (C=O) groups is 1. The molecule has 6 nitrogen and oxygen atoms in total. The Morgan fingerprint density at radius 3 is 2.83 bits per heavy atom. The summed E-state index contributed by atoms with van der Waals surface area (Å²) < 4.78 is 15.0. The van der Waals surface area contributed by atoms with Crippen LogP contribution in [0, 0.1) is 5.82 Å². The summed E-state index contributed by atoms with van der Waals surface area (Å²) >= 11 is 5.59. The molecule has 0 saturated carbocycles. The lowest BCUT2D eigenvalue weighted by molar-refractivity contribution is 0.174. The number of carbonyl (C=O) groups excluding carboxylic acids is 1. The minimum absolute atomic E-state index is 0.0198. The van der Waals surface area contributed by atoms with Crippen molar-refractivity contribution in [3.8, 4) is 0 Å². The highest BCUT2D eigenvalue weighted by Crippen LogP contribution is 2.20. The highest BCUT2D eigenvalue weighted by Gasteiger charge is 2.13. The van der Waals surface area contributed by atoms with Crippen LogP contribution in [-0.2, 0) is 0 Å². The Kier molecular flexibility index (Phi) is 5.57. The molecule has 3 N–H and O–H groups in total. The number of halogens is 2. The van der Waals surface area contributed by atoms with Crippen LogP contribution in [0.25, 0.3) is 0 Å². The van der Waals surface area contributed by atoms with Gasteiger partial charge >= 0.3 is 6.03 Å². The van der Waals surface area contributed by atoms with Gasteiger partial charge in [0.15, 0.2) is 0 Å². The number of hydrogen-bond acceptors (Lipinski definition) is 3. The molecular weight excluding hydrogens is 323 g/mol. The highest BCUT2D eigenvalue weighted by molar-refractivity contribution is 6.30. The van der Waals surface area contributed by atoms with Crippen LogP contribution in [0.15, 0.2) is 30.5 Å². The van der Waals surface area contributed by atoms with Gasteiger partial charge in [-0.05, 0) is 31.5 Å². The smallest absolute Gasteiger partial charge is 0.320 e. The molecule has 0 fully saturated rings. The topological polar surface area (TPSA) is 79.2 Å². The van der Waals surface area contributed by atoms with E-state index in [0.29, 0.717) is 11.4 Å². The summed E-state index contributed by atoms with van der Waals surface area (Å²) in [6.07, 6.45) is 0.545. The Bertz CT molecular complexity index is 690. The van der Waals surface area contributed by atoms with E-state index in [1.807, 2.05) is 13.8 Å². The summed E-state index contributed by atoms with van der Waals surface area (Å²) in [5, 5.41) is 19.2. The number of urea groups is 1. The summed E-state index contributed by atoms with van der Waals surface area (Å²) in [4.78, 5) is 11.9. The predicted octanol–water partition coefficient (Wildman–Crippen LogP) is 3.11. The lowest BCUT2D eigenvalue weighted by Crippen LogP contribution is -2.33. The molecule has 8 heteroatoms. The number of nitrogens with zero attached hydrogens (tertiary/aromatic N) is 2. The number of aromatic nitrogens is 2. The number of hydrogen-bond donors (Lipinski definition) is 3. The Balaban J connectivity index is 1.91. The fourth-order valence-electron chi connectivity index (χ4n) is 2.01. The molecule has 1 aromatic carbocycles. The van der Waals surface area contributed by atoms with E-state index in [1.54, 1.807) is 16.9 Å². The van der Waals surface area contributed by atoms with Gasteiger partial charge in [-0.25, -0.2) is 13.9 Å². The number of rotatable bonds is 5. The van der Waals surface area contributed by atoms with Gasteiger partial charge in [-0.3, -0.25) is 5.32 Å². The van der Waals surface area contributed by atoms with Crippen LogP contribution in [0.4, 0.5) is 15.0 Å². The zero-order valence-corrected chi connectivity index (χ0v) is 13.5. The Hall–Kier alpha value is -2.12. The monoisotopic (exact) mass is 340 g/mol. The van der Waals surface area contributed by atoms with Crippen molar-refractivity contribution >= 4 is 23.4 Å². The minimum Gasteiger partial charge on any atom is -0.387 e. The second-order valence-electron chi connectivity index (χ2n) is 5.28. The zero-order valence-electron chi connectivity index (χ0n) is 12.8. The van der Waals surface area contributed by atoms with Gasteiger partial charge in [0.1, 0.15) is 11.6 Å². The van der Waals surface area contributed by atoms with E-state index in [1.165, 1.54) is 12.1 Å². The second-order valence-corrected chi connectivity index (χ2v) is 5.69. The van der Waals surface area contributed by atoms with Gasteiger partial charge in [0.2, 0.25) is 0 Å². The van der Waals surface area contributed by atoms with Crippen molar-refractivity contribution in [1.82, 2.24) is 15.1 Å². The van der Waals surface area contributed by atoms with E-state index in [2.05, 4.69) is 15.7 Å². The molecule has 1 unspecified atom stereocenters. The summed E-state index contributed by atoms with van der Waals surface area (Å²) in [6, 6.07) is 5.29. The van der Waals surface area contributed by atoms with Crippen LogP contribution < -0.4 is 10.6 Å². The molecule has 0 bridgehead atoms. The first-order chi connectivity index (χ1) is 10.9. The molecule has 0 aliphatic rings. The largest absolute Gasteiger partial charge is 0.387 e. The van der Waals surface area contributed by atoms with Crippen molar-refractivity contribution in [3.05, 3.63) is 46.9 Å². The second kappa shape index (κ2) is 7.43. The average Bonchev–Trinajstić information content (AvgIpc) is 2.96. The number of anilines is 1. The van der Waals surface area contributed by atoms with Crippen molar-refractivity contribution in [2.24, 2.45) is 0 Å². The van der Waals surface area contributed by atoms with E-state index in [-0.39, 0.29) is 17.6 Å². The molecule has 23 heavy (non-hydrogen) atoms. The normalized spacial score (nSPS) is 12.3. The number of aliphatic hydroxyl groups excluding tert-OH is 1. The third kappa shape index (κ3) is 4.43. The molecule has 2 aromatic rings. The molecule has 1 atom stereocenters. The Labute approximate surface area is 138 Å². The summed E-state index contributed by atoms with van der Waals surface area (Å²) in [5.41, 5.74) is 0.333. The SMILES string of the molecule is CC(C)n1nccc1NC(=O)NCC(O)c1ccc(Cl)c(F)c1. The molecular formula is C15H18ClFN4O2. The van der Waals surface area contributed by atoms with Gasteiger partial charge in [-0.2, -0.15) is 5.10 Å². The molecule has 1 heterocycles. The zero-order chi connectivity index (χ0) is 17.0. The van der Waals surface area contributed by atoms with Gasteiger partial charge in [0.25, 0.3) is 0 Å². The van der Waals surface area contributed by atoms with Crippen LogP contribution in [-0.4, -0.2) is 27.5 Å². The van der Waals surface area contributed by atoms with Crippen LogP contribution >= 0.6 is 11.6 Å². The van der Waals surface area contributed by atoms with Crippen molar-refractivity contribution < 1.29 is 14.3 Å². The fourth-order valence-corrected chi connectivity index (χ4v) is 2.13. The summed E-state index contributed by atoms with van der Waals surface area (Å²) in [6.45, 7) is 3.81. The van der Waals surface area contributed by atoms with Crippen LogP contribution in [0.2, 0.25) is 5.02 Å².